The zero-order valence-corrected chi connectivity index (χ0v) is 26.3. The van der Waals surface area contributed by atoms with Gasteiger partial charge in [-0.2, -0.15) is 5.10 Å². The summed E-state index contributed by atoms with van der Waals surface area (Å²) in [6, 6.07) is 15.2. The summed E-state index contributed by atoms with van der Waals surface area (Å²) in [6.07, 6.45) is 4.98. The van der Waals surface area contributed by atoms with Crippen molar-refractivity contribution in [2.75, 3.05) is 21.3 Å². The van der Waals surface area contributed by atoms with Crippen LogP contribution in [0.5, 0.6) is 23.0 Å². The molecule has 236 valence electrons. The highest BCUT2D eigenvalue weighted by Gasteiger charge is 2.21. The molecule has 1 aromatic heterocycles. The van der Waals surface area contributed by atoms with E-state index in [0.29, 0.717) is 62.5 Å². The molecule has 0 amide bonds. The average molecular weight is 635 g/mol. The third-order valence-electron chi connectivity index (χ3n) is 7.21. The lowest BCUT2D eigenvalue weighted by Gasteiger charge is -2.16. The summed E-state index contributed by atoms with van der Waals surface area (Å²) in [5.41, 5.74) is 3.14. The van der Waals surface area contributed by atoms with Gasteiger partial charge in [0, 0.05) is 52.9 Å². The topological polar surface area (TPSA) is 129 Å². The molecule has 0 saturated carbocycles. The number of nitrogens with zero attached hydrogens (tertiary/aromatic N) is 2. The maximum atomic E-state index is 12.6. The normalized spacial score (nSPS) is 11.3. The van der Waals surface area contributed by atoms with Crippen molar-refractivity contribution in [1.29, 1.82) is 0 Å². The number of carboxylic acid groups (broad SMARTS) is 2. The van der Waals surface area contributed by atoms with Gasteiger partial charge in [-0.1, -0.05) is 43.1 Å². The fourth-order valence-electron chi connectivity index (χ4n) is 4.88. The van der Waals surface area contributed by atoms with E-state index < -0.39 is 11.9 Å². The monoisotopic (exact) mass is 634 g/mol. The standard InChI is InChI=1S/C34H35ClN2O8/c1-5-6-13-37-32(27-12-11-25(42-2)17-30(27)45-20-21-9-7-8-10-26(21)34(40)41)24(19-36-37)15-23(33(38)39)14-22-16-31(44-4)28(35)18-29(22)43-3/h7-12,15-19H,5-6,13-14,20H2,1-4H3,(H,38,39)(H,40,41). The van der Waals surface area contributed by atoms with Gasteiger partial charge < -0.3 is 29.2 Å². The second-order valence-electron chi connectivity index (χ2n) is 10.1. The molecule has 0 saturated heterocycles. The Morgan fingerprint density at radius 2 is 1.69 bits per heavy atom. The first-order valence-corrected chi connectivity index (χ1v) is 14.6. The maximum Gasteiger partial charge on any atom is 0.336 e. The van der Waals surface area contributed by atoms with Gasteiger partial charge in [-0.05, 0) is 36.8 Å². The van der Waals surface area contributed by atoms with Crippen LogP contribution >= 0.6 is 11.6 Å². The molecule has 0 bridgehead atoms. The van der Waals surface area contributed by atoms with Gasteiger partial charge in [0.15, 0.2) is 0 Å². The van der Waals surface area contributed by atoms with E-state index in [9.17, 15) is 19.8 Å². The highest BCUT2D eigenvalue weighted by Crippen LogP contribution is 2.38. The minimum atomic E-state index is -1.12. The van der Waals surface area contributed by atoms with Crippen molar-refractivity contribution in [2.45, 2.75) is 39.3 Å². The summed E-state index contributed by atoms with van der Waals surface area (Å²) in [5.74, 6) is -0.388. The smallest absolute Gasteiger partial charge is 0.336 e. The highest BCUT2D eigenvalue weighted by molar-refractivity contribution is 6.32. The molecule has 4 rings (SSSR count). The number of hydrogen-bond donors (Lipinski definition) is 2. The molecule has 0 aliphatic rings. The molecule has 4 aromatic rings. The summed E-state index contributed by atoms with van der Waals surface area (Å²) in [4.78, 5) is 24.4. The van der Waals surface area contributed by atoms with Crippen molar-refractivity contribution < 1.29 is 38.7 Å². The maximum absolute atomic E-state index is 12.6. The number of ether oxygens (including phenoxy) is 4. The lowest BCUT2D eigenvalue weighted by atomic mass is 9.99. The lowest BCUT2D eigenvalue weighted by Crippen LogP contribution is -2.08. The van der Waals surface area contributed by atoms with Crippen LogP contribution in [0, 0.1) is 0 Å². The molecule has 3 aromatic carbocycles. The van der Waals surface area contributed by atoms with Crippen molar-refractivity contribution in [1.82, 2.24) is 9.78 Å². The Hall–Kier alpha value is -4.96. The van der Waals surface area contributed by atoms with Crippen molar-refractivity contribution in [2.24, 2.45) is 0 Å². The minimum Gasteiger partial charge on any atom is -0.497 e. The van der Waals surface area contributed by atoms with Crippen molar-refractivity contribution in [3.8, 4) is 34.3 Å². The molecular formula is C34H35ClN2O8. The number of unbranched alkanes of at least 4 members (excludes halogenated alkanes) is 1. The summed E-state index contributed by atoms with van der Waals surface area (Å²) in [7, 11) is 4.51. The van der Waals surface area contributed by atoms with E-state index in [0.717, 1.165) is 12.8 Å². The van der Waals surface area contributed by atoms with Crippen LogP contribution in [0.4, 0.5) is 0 Å². The third kappa shape index (κ3) is 7.77. The van der Waals surface area contributed by atoms with Crippen molar-refractivity contribution >= 4 is 29.6 Å². The van der Waals surface area contributed by atoms with Crippen LogP contribution in [0.25, 0.3) is 17.3 Å². The van der Waals surface area contributed by atoms with Crippen LogP contribution < -0.4 is 18.9 Å². The molecule has 0 aliphatic carbocycles. The number of carbonyl (C=O) groups is 2. The summed E-state index contributed by atoms with van der Waals surface area (Å²) in [6.45, 7) is 2.63. The molecule has 0 unspecified atom stereocenters. The molecular weight excluding hydrogens is 600 g/mol. The van der Waals surface area contributed by atoms with Gasteiger partial charge in [-0.15, -0.1) is 0 Å². The second-order valence-corrected chi connectivity index (χ2v) is 10.5. The second kappa shape index (κ2) is 15.2. The number of hydrogen-bond acceptors (Lipinski definition) is 7. The van der Waals surface area contributed by atoms with Gasteiger partial charge in [-0.25, -0.2) is 9.59 Å². The van der Waals surface area contributed by atoms with Crippen LogP contribution in [-0.4, -0.2) is 53.3 Å². The number of aryl methyl sites for hydroxylation is 1. The number of rotatable bonds is 15. The summed E-state index contributed by atoms with van der Waals surface area (Å²) < 4.78 is 24.4. The number of benzene rings is 3. The van der Waals surface area contributed by atoms with E-state index in [-0.39, 0.29) is 24.2 Å². The fourth-order valence-corrected chi connectivity index (χ4v) is 5.11. The Balaban J connectivity index is 1.83. The molecule has 0 atom stereocenters. The van der Waals surface area contributed by atoms with Crippen LogP contribution in [0.15, 0.2) is 66.4 Å². The van der Waals surface area contributed by atoms with Gasteiger partial charge in [0.25, 0.3) is 0 Å². The molecule has 11 heteroatoms. The zero-order valence-electron chi connectivity index (χ0n) is 25.5. The van der Waals surface area contributed by atoms with Gasteiger partial charge in [0.2, 0.25) is 0 Å². The quantitative estimate of drug-likeness (QED) is 0.133. The van der Waals surface area contributed by atoms with Gasteiger partial charge >= 0.3 is 11.9 Å². The van der Waals surface area contributed by atoms with E-state index in [4.69, 9.17) is 30.5 Å². The van der Waals surface area contributed by atoms with Crippen molar-refractivity contribution in [3.63, 3.8) is 0 Å². The number of carboxylic acids is 2. The average Bonchev–Trinajstić information content (AvgIpc) is 3.44. The number of halogens is 1. The molecule has 2 N–H and O–H groups in total. The van der Waals surface area contributed by atoms with E-state index in [1.807, 2.05) is 10.7 Å². The van der Waals surface area contributed by atoms with Crippen LogP contribution in [0.3, 0.4) is 0 Å². The largest absolute Gasteiger partial charge is 0.497 e. The van der Waals surface area contributed by atoms with Crippen molar-refractivity contribution in [3.05, 3.63) is 93.6 Å². The molecule has 0 radical (unpaired) electrons. The molecule has 1 heterocycles. The first-order chi connectivity index (χ1) is 21.7. The van der Waals surface area contributed by atoms with Crippen LogP contribution in [0.2, 0.25) is 5.02 Å². The van der Waals surface area contributed by atoms with Crippen LogP contribution in [0.1, 0.15) is 46.8 Å². The van der Waals surface area contributed by atoms with E-state index >= 15 is 0 Å². The Morgan fingerprint density at radius 3 is 2.36 bits per heavy atom. The Morgan fingerprint density at radius 1 is 0.933 bits per heavy atom. The number of methoxy groups -OCH3 is 3. The zero-order chi connectivity index (χ0) is 32.5. The molecule has 45 heavy (non-hydrogen) atoms. The highest BCUT2D eigenvalue weighted by atomic mass is 35.5. The summed E-state index contributed by atoms with van der Waals surface area (Å²) in [5, 5.41) is 24.9. The molecule has 0 aliphatic heterocycles. The number of aromatic carboxylic acids is 1. The van der Waals surface area contributed by atoms with Gasteiger partial charge in [-0.3, -0.25) is 4.68 Å². The Kier molecular flexibility index (Phi) is 11.1. The van der Waals surface area contributed by atoms with E-state index in [2.05, 4.69) is 12.0 Å². The van der Waals surface area contributed by atoms with E-state index in [1.165, 1.54) is 27.4 Å². The molecule has 10 nitrogen and oxygen atoms in total. The SMILES string of the molecule is CCCCn1ncc(C=C(Cc2cc(OC)c(Cl)cc2OC)C(=O)O)c1-c1ccc(OC)cc1OCc1ccccc1C(=O)O. The first kappa shape index (κ1) is 32.9. The lowest BCUT2D eigenvalue weighted by molar-refractivity contribution is -0.132. The minimum absolute atomic E-state index is 0.0174. The Bertz CT molecular complexity index is 1710. The number of aliphatic carboxylic acids is 1. The van der Waals surface area contributed by atoms with Gasteiger partial charge in [0.1, 0.15) is 29.6 Å². The predicted octanol–water partition coefficient (Wildman–Crippen LogP) is 7.02. The number of aromatic nitrogens is 2. The fraction of sp³-hybridized carbons (Fsp3) is 0.265. The molecule has 0 fully saturated rings. The van der Waals surface area contributed by atoms with Gasteiger partial charge in [0.05, 0.1) is 43.8 Å². The summed E-state index contributed by atoms with van der Waals surface area (Å²) >= 11 is 6.27. The van der Waals surface area contributed by atoms with Crippen LogP contribution in [-0.2, 0) is 24.4 Å². The third-order valence-corrected chi connectivity index (χ3v) is 7.50. The predicted molar refractivity (Wildman–Crippen MR) is 171 cm³/mol. The van der Waals surface area contributed by atoms with E-state index in [1.54, 1.807) is 54.7 Å². The Labute approximate surface area is 266 Å². The molecule has 0 spiro atoms. The first-order valence-electron chi connectivity index (χ1n) is 14.2.